The number of ether oxygens (including phenoxy) is 1. The quantitative estimate of drug-likeness (QED) is 0.388. The van der Waals surface area contributed by atoms with Crippen LogP contribution in [0.15, 0.2) is 82.5 Å². The minimum atomic E-state index is -3.67. The molecule has 4 aromatic rings. The zero-order chi connectivity index (χ0) is 24.3. The highest BCUT2D eigenvalue weighted by Gasteiger charge is 2.22. The average Bonchev–Trinajstić information content (AvgIpc) is 2.85. The molecule has 0 radical (unpaired) electrons. The van der Waals surface area contributed by atoms with E-state index in [4.69, 9.17) is 9.72 Å². The third-order valence-electron chi connectivity index (χ3n) is 5.80. The molecule has 176 valence electrons. The van der Waals surface area contributed by atoms with E-state index >= 15 is 0 Å². The van der Waals surface area contributed by atoms with Crippen LogP contribution in [0.3, 0.4) is 0 Å². The van der Waals surface area contributed by atoms with Crippen molar-refractivity contribution in [3.8, 4) is 5.75 Å². The molecule has 0 saturated heterocycles. The molecular formula is C26H27N3O4S. The lowest BCUT2D eigenvalue weighted by atomic mass is 10.1. The molecule has 0 fully saturated rings. The predicted octanol–water partition coefficient (Wildman–Crippen LogP) is 3.49. The van der Waals surface area contributed by atoms with Crippen LogP contribution in [-0.2, 0) is 29.4 Å². The minimum absolute atomic E-state index is 0.109. The summed E-state index contributed by atoms with van der Waals surface area (Å²) >= 11 is 0. The molecule has 0 aliphatic heterocycles. The summed E-state index contributed by atoms with van der Waals surface area (Å²) in [5.74, 6) is 1.39. The largest absolute Gasteiger partial charge is 0.497 e. The molecule has 3 aromatic carbocycles. The van der Waals surface area contributed by atoms with Crippen LogP contribution >= 0.6 is 0 Å². The second-order valence-electron chi connectivity index (χ2n) is 8.18. The lowest BCUT2D eigenvalue weighted by Crippen LogP contribution is -2.28. The first-order valence-electron chi connectivity index (χ1n) is 10.9. The summed E-state index contributed by atoms with van der Waals surface area (Å²) < 4.78 is 33.8. The van der Waals surface area contributed by atoms with Crippen LogP contribution in [0.4, 0.5) is 0 Å². The van der Waals surface area contributed by atoms with E-state index in [1.54, 1.807) is 48.1 Å². The summed E-state index contributed by atoms with van der Waals surface area (Å²) in [5, 5.41) is 0.503. The standard InChI is InChI=1S/C26H27N3O4S/c1-28(2)34(31,32)24-11-7-4-8-20(24)18-29-25(17-14-19-12-15-21(33-3)16-13-19)27-23-10-6-5-9-22(23)26(29)30/h4-13,15-16H,14,17-18H2,1-3H3. The number of fused-ring (bicyclic) bond motifs is 1. The SMILES string of the molecule is COc1ccc(CCc2nc3ccccc3c(=O)n2Cc2ccccc2S(=O)(=O)N(C)C)cc1. The highest BCUT2D eigenvalue weighted by atomic mass is 32.2. The second kappa shape index (κ2) is 9.79. The number of aromatic nitrogens is 2. The highest BCUT2D eigenvalue weighted by molar-refractivity contribution is 7.89. The number of hydrogen-bond acceptors (Lipinski definition) is 5. The van der Waals surface area contributed by atoms with Gasteiger partial charge in [-0.2, -0.15) is 0 Å². The Morgan fingerprint density at radius 1 is 0.912 bits per heavy atom. The minimum Gasteiger partial charge on any atom is -0.497 e. The number of para-hydroxylation sites is 1. The Kier molecular flexibility index (Phi) is 6.81. The Morgan fingerprint density at radius 2 is 1.59 bits per heavy atom. The number of benzene rings is 3. The Balaban J connectivity index is 1.78. The number of methoxy groups -OCH3 is 1. The molecule has 0 N–H and O–H groups in total. The van der Waals surface area contributed by atoms with Gasteiger partial charge in [0.15, 0.2) is 0 Å². The molecule has 0 aliphatic carbocycles. The van der Waals surface area contributed by atoms with Crippen LogP contribution in [0.25, 0.3) is 10.9 Å². The van der Waals surface area contributed by atoms with Gasteiger partial charge in [0.1, 0.15) is 11.6 Å². The molecule has 0 amide bonds. The maximum atomic E-state index is 13.5. The molecule has 0 saturated carbocycles. The van der Waals surface area contributed by atoms with Gasteiger partial charge >= 0.3 is 0 Å². The van der Waals surface area contributed by atoms with Crippen LogP contribution in [0, 0.1) is 0 Å². The van der Waals surface area contributed by atoms with E-state index in [1.807, 2.05) is 36.4 Å². The van der Waals surface area contributed by atoms with Crippen LogP contribution in [0.1, 0.15) is 17.0 Å². The zero-order valence-corrected chi connectivity index (χ0v) is 20.2. The third-order valence-corrected chi connectivity index (χ3v) is 7.71. The molecule has 0 spiro atoms. The van der Waals surface area contributed by atoms with Gasteiger partial charge in [-0.25, -0.2) is 17.7 Å². The molecule has 0 bridgehead atoms. The molecule has 0 atom stereocenters. The summed E-state index contributed by atoms with van der Waals surface area (Å²) in [4.78, 5) is 18.5. The van der Waals surface area contributed by atoms with Gasteiger partial charge in [-0.3, -0.25) is 9.36 Å². The van der Waals surface area contributed by atoms with Gasteiger partial charge in [0.25, 0.3) is 5.56 Å². The van der Waals surface area contributed by atoms with Crippen molar-refractivity contribution in [2.45, 2.75) is 24.3 Å². The van der Waals surface area contributed by atoms with E-state index < -0.39 is 10.0 Å². The van der Waals surface area contributed by atoms with Crippen LogP contribution in [0.5, 0.6) is 5.75 Å². The van der Waals surface area contributed by atoms with Crippen molar-refractivity contribution in [2.24, 2.45) is 0 Å². The molecule has 1 heterocycles. The van der Waals surface area contributed by atoms with Gasteiger partial charge in [0.2, 0.25) is 10.0 Å². The fourth-order valence-electron chi connectivity index (χ4n) is 3.87. The van der Waals surface area contributed by atoms with Crippen molar-refractivity contribution in [3.63, 3.8) is 0 Å². The van der Waals surface area contributed by atoms with Crippen molar-refractivity contribution in [1.29, 1.82) is 0 Å². The Bertz CT molecular complexity index is 1480. The Hall–Kier alpha value is -3.49. The summed E-state index contributed by atoms with van der Waals surface area (Å²) in [6.07, 6.45) is 1.20. The lowest BCUT2D eigenvalue weighted by Gasteiger charge is -2.18. The van der Waals surface area contributed by atoms with Gasteiger partial charge in [-0.15, -0.1) is 0 Å². The van der Waals surface area contributed by atoms with E-state index in [1.165, 1.54) is 18.4 Å². The maximum absolute atomic E-state index is 13.5. The molecule has 8 heteroatoms. The fourth-order valence-corrected chi connectivity index (χ4v) is 4.98. The van der Waals surface area contributed by atoms with Crippen LogP contribution in [-0.4, -0.2) is 43.5 Å². The van der Waals surface area contributed by atoms with Crippen LogP contribution < -0.4 is 10.3 Å². The van der Waals surface area contributed by atoms with E-state index in [2.05, 4.69) is 0 Å². The van der Waals surface area contributed by atoms with Crippen molar-refractivity contribution in [1.82, 2.24) is 13.9 Å². The average molecular weight is 478 g/mol. The maximum Gasteiger partial charge on any atom is 0.261 e. The zero-order valence-electron chi connectivity index (χ0n) is 19.4. The smallest absolute Gasteiger partial charge is 0.261 e. The summed E-state index contributed by atoms with van der Waals surface area (Å²) in [5.41, 5.74) is 2.07. The molecule has 7 nitrogen and oxygen atoms in total. The van der Waals surface area contributed by atoms with Crippen molar-refractivity contribution < 1.29 is 13.2 Å². The van der Waals surface area contributed by atoms with Gasteiger partial charge in [0, 0.05) is 20.5 Å². The summed E-state index contributed by atoms with van der Waals surface area (Å²) in [6.45, 7) is 0.109. The number of aryl methyl sites for hydroxylation is 2. The van der Waals surface area contributed by atoms with Crippen molar-refractivity contribution >= 4 is 20.9 Å². The van der Waals surface area contributed by atoms with E-state index in [-0.39, 0.29) is 17.0 Å². The lowest BCUT2D eigenvalue weighted by molar-refractivity contribution is 0.414. The summed E-state index contributed by atoms with van der Waals surface area (Å²) in [7, 11) is 0.946. The first-order valence-corrected chi connectivity index (χ1v) is 12.4. The number of rotatable bonds is 8. The normalized spacial score (nSPS) is 11.8. The number of sulfonamides is 1. The highest BCUT2D eigenvalue weighted by Crippen LogP contribution is 2.21. The third kappa shape index (κ3) is 4.73. The molecule has 34 heavy (non-hydrogen) atoms. The molecule has 4 rings (SSSR count). The Labute approximate surface area is 199 Å². The second-order valence-corrected chi connectivity index (χ2v) is 10.3. The molecule has 0 unspecified atom stereocenters. The molecule has 1 aromatic heterocycles. The van der Waals surface area contributed by atoms with Crippen molar-refractivity contribution in [2.75, 3.05) is 21.2 Å². The van der Waals surface area contributed by atoms with E-state index in [0.717, 1.165) is 11.3 Å². The molecule has 0 aliphatic rings. The topological polar surface area (TPSA) is 81.5 Å². The fraction of sp³-hybridized carbons (Fsp3) is 0.231. The first kappa shape index (κ1) is 23.7. The monoisotopic (exact) mass is 477 g/mol. The van der Waals surface area contributed by atoms with E-state index in [9.17, 15) is 13.2 Å². The predicted molar refractivity (Wildman–Crippen MR) is 133 cm³/mol. The van der Waals surface area contributed by atoms with E-state index in [0.29, 0.717) is 35.1 Å². The Morgan fingerprint density at radius 3 is 2.29 bits per heavy atom. The van der Waals surface area contributed by atoms with Gasteiger partial charge in [-0.1, -0.05) is 42.5 Å². The number of hydrogen-bond donors (Lipinski definition) is 0. The number of nitrogens with zero attached hydrogens (tertiary/aromatic N) is 3. The van der Waals surface area contributed by atoms with Crippen LogP contribution in [0.2, 0.25) is 0 Å². The van der Waals surface area contributed by atoms with Gasteiger partial charge in [-0.05, 0) is 47.9 Å². The molecular weight excluding hydrogens is 450 g/mol. The first-order chi connectivity index (χ1) is 16.3. The van der Waals surface area contributed by atoms with Gasteiger partial charge < -0.3 is 4.74 Å². The van der Waals surface area contributed by atoms with Gasteiger partial charge in [0.05, 0.1) is 29.5 Å². The summed E-state index contributed by atoms with van der Waals surface area (Å²) in [6, 6.07) is 21.8. The van der Waals surface area contributed by atoms with Crippen molar-refractivity contribution in [3.05, 3.63) is 100 Å².